The molecule has 170 valence electrons. The molecule has 0 unspecified atom stereocenters. The third-order valence-corrected chi connectivity index (χ3v) is 5.17. The second-order valence-corrected chi connectivity index (χ2v) is 7.37. The van der Waals surface area contributed by atoms with Crippen molar-refractivity contribution >= 4 is 35.4 Å². The number of halogens is 1. The molecule has 1 aliphatic rings. The average molecular weight is 460 g/mol. The maximum absolute atomic E-state index is 12.4. The van der Waals surface area contributed by atoms with Gasteiger partial charge in [-0.15, -0.1) is 0 Å². The Balaban J connectivity index is 1.48. The minimum Gasteiger partial charge on any atom is -0.491 e. The number of carbonyl (C=O) groups is 2. The molecular formula is C23H26ClN3O5. The number of amides is 1. The zero-order valence-corrected chi connectivity index (χ0v) is 18.9. The highest BCUT2D eigenvalue weighted by atomic mass is 35.5. The molecule has 0 bridgehead atoms. The van der Waals surface area contributed by atoms with Crippen molar-refractivity contribution in [2.75, 3.05) is 51.4 Å². The SMILES string of the molecule is CCOc1cc(/C=C/C(=O)OCC(=O)N2CCN(c3ccccn3)CC2)cc(Cl)c1OC. The number of benzene rings is 1. The molecule has 3 rings (SSSR count). The van der Waals surface area contributed by atoms with E-state index in [1.165, 1.54) is 13.2 Å². The van der Waals surface area contributed by atoms with Crippen LogP contribution in [0.3, 0.4) is 0 Å². The van der Waals surface area contributed by atoms with Crippen molar-refractivity contribution in [1.29, 1.82) is 0 Å². The predicted molar refractivity (Wildman–Crippen MR) is 122 cm³/mol. The van der Waals surface area contributed by atoms with Gasteiger partial charge in [-0.2, -0.15) is 0 Å². The Bertz CT molecular complexity index is 960. The molecule has 1 aromatic carbocycles. The van der Waals surface area contributed by atoms with E-state index >= 15 is 0 Å². The Kier molecular flexibility index (Phi) is 8.33. The van der Waals surface area contributed by atoms with Gasteiger partial charge < -0.3 is 24.0 Å². The lowest BCUT2D eigenvalue weighted by Crippen LogP contribution is -2.50. The van der Waals surface area contributed by atoms with Gasteiger partial charge in [-0.25, -0.2) is 9.78 Å². The highest BCUT2D eigenvalue weighted by Crippen LogP contribution is 2.36. The van der Waals surface area contributed by atoms with Crippen molar-refractivity contribution in [2.24, 2.45) is 0 Å². The number of carbonyl (C=O) groups excluding carboxylic acids is 2. The first-order chi connectivity index (χ1) is 15.5. The summed E-state index contributed by atoms with van der Waals surface area (Å²) in [5.74, 6) is 0.966. The summed E-state index contributed by atoms with van der Waals surface area (Å²) in [7, 11) is 1.51. The van der Waals surface area contributed by atoms with Crippen molar-refractivity contribution in [3.8, 4) is 11.5 Å². The van der Waals surface area contributed by atoms with Crippen molar-refractivity contribution in [3.05, 3.63) is 53.2 Å². The van der Waals surface area contributed by atoms with Gasteiger partial charge >= 0.3 is 5.97 Å². The first-order valence-electron chi connectivity index (χ1n) is 10.3. The number of aromatic nitrogens is 1. The summed E-state index contributed by atoms with van der Waals surface area (Å²) < 4.78 is 15.9. The molecule has 2 heterocycles. The monoisotopic (exact) mass is 459 g/mol. The molecule has 1 aromatic heterocycles. The molecule has 32 heavy (non-hydrogen) atoms. The fraction of sp³-hybridized carbons (Fsp3) is 0.348. The molecule has 2 aromatic rings. The average Bonchev–Trinajstić information content (AvgIpc) is 2.82. The lowest BCUT2D eigenvalue weighted by molar-refractivity contribution is -0.148. The molecule has 1 saturated heterocycles. The molecule has 0 atom stereocenters. The quantitative estimate of drug-likeness (QED) is 0.443. The van der Waals surface area contributed by atoms with E-state index in [1.54, 1.807) is 29.3 Å². The first kappa shape index (κ1) is 23.4. The maximum Gasteiger partial charge on any atom is 0.331 e. The third kappa shape index (κ3) is 6.13. The standard InChI is InChI=1S/C23H26ClN3O5/c1-3-31-19-15-17(14-18(24)23(19)30-2)7-8-22(29)32-16-21(28)27-12-10-26(11-13-27)20-6-4-5-9-25-20/h4-9,14-15H,3,10-13,16H2,1-2H3/b8-7+. The number of hydrogen-bond donors (Lipinski definition) is 0. The zero-order chi connectivity index (χ0) is 22.9. The van der Waals surface area contributed by atoms with E-state index in [-0.39, 0.29) is 12.5 Å². The molecular weight excluding hydrogens is 434 g/mol. The van der Waals surface area contributed by atoms with Crippen LogP contribution >= 0.6 is 11.6 Å². The fourth-order valence-corrected chi connectivity index (χ4v) is 3.60. The van der Waals surface area contributed by atoms with Gasteiger partial charge in [0.2, 0.25) is 0 Å². The Labute approximate surface area is 192 Å². The summed E-state index contributed by atoms with van der Waals surface area (Å²) in [5, 5.41) is 0.367. The Morgan fingerprint density at radius 2 is 1.97 bits per heavy atom. The van der Waals surface area contributed by atoms with E-state index in [0.29, 0.717) is 54.9 Å². The van der Waals surface area contributed by atoms with Gasteiger partial charge in [0.1, 0.15) is 5.82 Å². The van der Waals surface area contributed by atoms with E-state index in [2.05, 4.69) is 9.88 Å². The number of methoxy groups -OCH3 is 1. The molecule has 1 fully saturated rings. The van der Waals surface area contributed by atoms with Crippen LogP contribution in [-0.2, 0) is 14.3 Å². The van der Waals surface area contributed by atoms with Gasteiger partial charge in [-0.3, -0.25) is 4.79 Å². The lowest BCUT2D eigenvalue weighted by atomic mass is 10.2. The molecule has 0 aliphatic carbocycles. The summed E-state index contributed by atoms with van der Waals surface area (Å²) >= 11 is 6.21. The molecule has 1 aliphatic heterocycles. The second-order valence-electron chi connectivity index (χ2n) is 6.96. The molecule has 1 amide bonds. The van der Waals surface area contributed by atoms with E-state index in [9.17, 15) is 9.59 Å². The van der Waals surface area contributed by atoms with Crippen LogP contribution in [0, 0.1) is 0 Å². The minimum atomic E-state index is -0.615. The van der Waals surface area contributed by atoms with E-state index in [1.807, 2.05) is 25.1 Å². The van der Waals surface area contributed by atoms with Crippen molar-refractivity contribution in [1.82, 2.24) is 9.88 Å². The van der Waals surface area contributed by atoms with Crippen LogP contribution in [0.5, 0.6) is 11.5 Å². The summed E-state index contributed by atoms with van der Waals surface area (Å²) in [6, 6.07) is 9.11. The van der Waals surface area contributed by atoms with Crippen molar-refractivity contribution < 1.29 is 23.8 Å². The van der Waals surface area contributed by atoms with E-state index in [0.717, 1.165) is 5.82 Å². The van der Waals surface area contributed by atoms with Crippen LogP contribution in [0.4, 0.5) is 5.82 Å². The number of hydrogen-bond acceptors (Lipinski definition) is 7. The van der Waals surface area contributed by atoms with E-state index in [4.69, 9.17) is 25.8 Å². The van der Waals surface area contributed by atoms with Crippen LogP contribution in [0.2, 0.25) is 5.02 Å². The predicted octanol–water partition coefficient (Wildman–Crippen LogP) is 3.05. The lowest BCUT2D eigenvalue weighted by Gasteiger charge is -2.35. The molecule has 0 saturated carbocycles. The van der Waals surface area contributed by atoms with Crippen LogP contribution in [-0.4, -0.2) is 68.3 Å². The number of piperazine rings is 1. The Morgan fingerprint density at radius 1 is 1.19 bits per heavy atom. The van der Waals surface area contributed by atoms with Crippen LogP contribution in [0.1, 0.15) is 12.5 Å². The number of pyridine rings is 1. The van der Waals surface area contributed by atoms with Gasteiger partial charge in [-0.05, 0) is 42.8 Å². The van der Waals surface area contributed by atoms with Crippen molar-refractivity contribution in [3.63, 3.8) is 0 Å². The number of nitrogens with zero attached hydrogens (tertiary/aromatic N) is 3. The highest BCUT2D eigenvalue weighted by Gasteiger charge is 2.22. The van der Waals surface area contributed by atoms with Crippen LogP contribution in [0.15, 0.2) is 42.6 Å². The smallest absolute Gasteiger partial charge is 0.331 e. The number of ether oxygens (including phenoxy) is 3. The van der Waals surface area contributed by atoms with Gasteiger partial charge in [0.05, 0.1) is 18.7 Å². The van der Waals surface area contributed by atoms with E-state index < -0.39 is 5.97 Å². The van der Waals surface area contributed by atoms with Gasteiger partial charge in [-0.1, -0.05) is 17.7 Å². The Hall–Kier alpha value is -3.26. The molecule has 0 spiro atoms. The summed E-state index contributed by atoms with van der Waals surface area (Å²) in [5.41, 5.74) is 0.646. The number of esters is 1. The highest BCUT2D eigenvalue weighted by molar-refractivity contribution is 6.32. The molecule has 0 N–H and O–H groups in total. The number of anilines is 1. The number of rotatable bonds is 8. The fourth-order valence-electron chi connectivity index (χ4n) is 3.31. The van der Waals surface area contributed by atoms with Crippen LogP contribution < -0.4 is 14.4 Å². The summed E-state index contributed by atoms with van der Waals surface area (Å²) in [6.45, 7) is 4.44. The summed E-state index contributed by atoms with van der Waals surface area (Å²) in [4.78, 5) is 32.6. The zero-order valence-electron chi connectivity index (χ0n) is 18.1. The molecule has 8 nitrogen and oxygen atoms in total. The minimum absolute atomic E-state index is 0.224. The first-order valence-corrected chi connectivity index (χ1v) is 10.7. The van der Waals surface area contributed by atoms with Crippen molar-refractivity contribution in [2.45, 2.75) is 6.92 Å². The van der Waals surface area contributed by atoms with Gasteiger partial charge in [0, 0.05) is 38.5 Å². The molecule has 9 heteroatoms. The normalized spacial score (nSPS) is 13.8. The second kappa shape index (κ2) is 11.4. The summed E-state index contributed by atoms with van der Waals surface area (Å²) in [6.07, 6.45) is 4.55. The molecule has 0 radical (unpaired) electrons. The third-order valence-electron chi connectivity index (χ3n) is 4.89. The Morgan fingerprint density at radius 3 is 2.62 bits per heavy atom. The van der Waals surface area contributed by atoms with Gasteiger partial charge in [0.15, 0.2) is 18.1 Å². The van der Waals surface area contributed by atoms with Gasteiger partial charge in [0.25, 0.3) is 5.91 Å². The van der Waals surface area contributed by atoms with Crippen LogP contribution in [0.25, 0.3) is 6.08 Å². The largest absolute Gasteiger partial charge is 0.491 e. The topological polar surface area (TPSA) is 81.2 Å². The maximum atomic E-state index is 12.4.